The van der Waals surface area contributed by atoms with E-state index in [9.17, 15) is 10.1 Å². The van der Waals surface area contributed by atoms with Crippen LogP contribution in [0.15, 0.2) is 18.2 Å². The van der Waals surface area contributed by atoms with Gasteiger partial charge in [0, 0.05) is 35.2 Å². The van der Waals surface area contributed by atoms with Crippen molar-refractivity contribution in [3.8, 4) is 0 Å². The normalized spacial score (nSPS) is 14.6. The van der Waals surface area contributed by atoms with Gasteiger partial charge in [0.1, 0.15) is 0 Å². The highest BCUT2D eigenvalue weighted by molar-refractivity contribution is 9.08. The number of hydrogen-bond acceptors (Lipinski definition) is 3. The van der Waals surface area contributed by atoms with Gasteiger partial charge in [0.2, 0.25) is 0 Å². The molecule has 0 N–H and O–H groups in total. The maximum Gasteiger partial charge on any atom is 0.273 e. The number of hydrogen-bond donors (Lipinski definition) is 0. The minimum atomic E-state index is -0.310. The molecule has 110 valence electrons. The topological polar surface area (TPSA) is 46.4 Å². The van der Waals surface area contributed by atoms with Crippen molar-refractivity contribution >= 4 is 27.3 Å². The van der Waals surface area contributed by atoms with Gasteiger partial charge in [0.25, 0.3) is 5.69 Å². The standard InChI is InChI=1S/C15H21BrN2O2/c1-11(2)7-8-17(13-3-4-13)14-5-6-15(18(19)20)12(9-14)10-16/h5-6,9,11,13H,3-4,7-8,10H2,1-2H3. The molecule has 1 aliphatic rings. The second-order valence-corrected chi connectivity index (χ2v) is 6.37. The van der Waals surface area contributed by atoms with E-state index in [0.717, 1.165) is 24.2 Å². The minimum Gasteiger partial charge on any atom is -0.369 e. The molecule has 2 rings (SSSR count). The average Bonchev–Trinajstić information content (AvgIpc) is 3.22. The molecular weight excluding hydrogens is 320 g/mol. The second kappa shape index (κ2) is 6.57. The Balaban J connectivity index is 2.22. The summed E-state index contributed by atoms with van der Waals surface area (Å²) in [5.74, 6) is 0.671. The van der Waals surface area contributed by atoms with Crippen molar-refractivity contribution < 1.29 is 4.92 Å². The molecule has 0 bridgehead atoms. The molecule has 1 fully saturated rings. The summed E-state index contributed by atoms with van der Waals surface area (Å²) < 4.78 is 0. The molecule has 0 spiro atoms. The van der Waals surface area contributed by atoms with Crippen LogP contribution >= 0.6 is 15.9 Å². The summed E-state index contributed by atoms with van der Waals surface area (Å²) in [6.45, 7) is 5.48. The fraction of sp³-hybridized carbons (Fsp3) is 0.600. The van der Waals surface area contributed by atoms with Crippen molar-refractivity contribution in [1.29, 1.82) is 0 Å². The van der Waals surface area contributed by atoms with Crippen LogP contribution in [0.1, 0.15) is 38.7 Å². The number of nitro benzene ring substituents is 1. The molecule has 20 heavy (non-hydrogen) atoms. The lowest BCUT2D eigenvalue weighted by Gasteiger charge is -2.26. The molecule has 5 heteroatoms. The first-order valence-corrected chi connectivity index (χ1v) is 8.25. The third kappa shape index (κ3) is 3.72. The smallest absolute Gasteiger partial charge is 0.273 e. The minimum absolute atomic E-state index is 0.199. The zero-order valence-corrected chi connectivity index (χ0v) is 13.6. The van der Waals surface area contributed by atoms with Crippen molar-refractivity contribution in [1.82, 2.24) is 0 Å². The van der Waals surface area contributed by atoms with E-state index in [1.54, 1.807) is 6.07 Å². The Morgan fingerprint density at radius 3 is 2.65 bits per heavy atom. The lowest BCUT2D eigenvalue weighted by Crippen LogP contribution is -2.27. The molecule has 0 radical (unpaired) electrons. The predicted octanol–water partition coefficient (Wildman–Crippen LogP) is 4.50. The van der Waals surface area contributed by atoms with Gasteiger partial charge in [-0.3, -0.25) is 10.1 Å². The SMILES string of the molecule is CC(C)CCN(c1ccc([N+](=O)[O-])c(CBr)c1)C1CC1. The van der Waals surface area contributed by atoms with Crippen LogP contribution in [0.3, 0.4) is 0 Å². The maximum absolute atomic E-state index is 11.0. The Morgan fingerprint density at radius 2 is 2.15 bits per heavy atom. The molecule has 0 amide bonds. The van der Waals surface area contributed by atoms with Gasteiger partial charge in [-0.15, -0.1) is 0 Å². The highest BCUT2D eigenvalue weighted by Gasteiger charge is 2.29. The molecule has 0 atom stereocenters. The summed E-state index contributed by atoms with van der Waals surface area (Å²) in [5.41, 5.74) is 2.07. The maximum atomic E-state index is 11.0. The molecule has 0 saturated heterocycles. The van der Waals surface area contributed by atoms with Gasteiger partial charge >= 0.3 is 0 Å². The predicted molar refractivity (Wildman–Crippen MR) is 85.6 cm³/mol. The zero-order chi connectivity index (χ0) is 14.7. The summed E-state index contributed by atoms with van der Waals surface area (Å²) in [6, 6.07) is 6.11. The van der Waals surface area contributed by atoms with Gasteiger partial charge in [-0.05, 0) is 37.3 Å². The fourth-order valence-electron chi connectivity index (χ4n) is 2.34. The highest BCUT2D eigenvalue weighted by Crippen LogP contribution is 2.34. The first-order valence-electron chi connectivity index (χ1n) is 7.13. The van der Waals surface area contributed by atoms with E-state index < -0.39 is 0 Å². The molecule has 0 unspecified atom stereocenters. The third-order valence-corrected chi connectivity index (χ3v) is 4.27. The van der Waals surface area contributed by atoms with Crippen LogP contribution in [0, 0.1) is 16.0 Å². The lowest BCUT2D eigenvalue weighted by atomic mass is 10.1. The third-order valence-electron chi connectivity index (χ3n) is 3.67. The van der Waals surface area contributed by atoms with Crippen LogP contribution in [0.2, 0.25) is 0 Å². The molecule has 1 aromatic rings. The molecule has 1 aromatic carbocycles. The van der Waals surface area contributed by atoms with Gasteiger partial charge in [-0.2, -0.15) is 0 Å². The summed E-state index contributed by atoms with van der Waals surface area (Å²) in [5, 5.41) is 11.5. The number of anilines is 1. The van der Waals surface area contributed by atoms with Crippen molar-refractivity contribution in [2.24, 2.45) is 5.92 Å². The largest absolute Gasteiger partial charge is 0.369 e. The van der Waals surface area contributed by atoms with Crippen LogP contribution in [0.25, 0.3) is 0 Å². The molecule has 0 aliphatic heterocycles. The van der Waals surface area contributed by atoms with Crippen LogP contribution in [0.4, 0.5) is 11.4 Å². The van der Waals surface area contributed by atoms with Gasteiger partial charge in [0.15, 0.2) is 0 Å². The quantitative estimate of drug-likeness (QED) is 0.417. The Hall–Kier alpha value is -1.10. The number of nitro groups is 1. The lowest BCUT2D eigenvalue weighted by molar-refractivity contribution is -0.385. The van der Waals surface area contributed by atoms with Crippen LogP contribution in [-0.4, -0.2) is 17.5 Å². The van der Waals surface area contributed by atoms with E-state index in [2.05, 4.69) is 34.7 Å². The molecule has 0 heterocycles. The summed E-state index contributed by atoms with van der Waals surface area (Å²) in [4.78, 5) is 13.1. The van der Waals surface area contributed by atoms with E-state index in [1.165, 1.54) is 12.8 Å². The molecule has 1 saturated carbocycles. The number of alkyl halides is 1. The number of rotatable bonds is 7. The Morgan fingerprint density at radius 1 is 1.45 bits per heavy atom. The van der Waals surface area contributed by atoms with E-state index in [1.807, 2.05) is 12.1 Å². The Kier molecular flexibility index (Phi) is 5.02. The highest BCUT2D eigenvalue weighted by atomic mass is 79.9. The summed E-state index contributed by atoms with van der Waals surface area (Å²) in [6.07, 6.45) is 3.62. The van der Waals surface area contributed by atoms with Crippen molar-refractivity contribution in [2.45, 2.75) is 44.5 Å². The number of benzene rings is 1. The van der Waals surface area contributed by atoms with Crippen molar-refractivity contribution in [3.63, 3.8) is 0 Å². The van der Waals surface area contributed by atoms with Crippen molar-refractivity contribution in [2.75, 3.05) is 11.4 Å². The zero-order valence-electron chi connectivity index (χ0n) is 12.0. The van der Waals surface area contributed by atoms with E-state index in [-0.39, 0.29) is 10.6 Å². The van der Waals surface area contributed by atoms with Crippen LogP contribution in [0.5, 0.6) is 0 Å². The van der Waals surface area contributed by atoms with Gasteiger partial charge in [-0.1, -0.05) is 29.8 Å². The molecule has 0 aromatic heterocycles. The molecular formula is C15H21BrN2O2. The second-order valence-electron chi connectivity index (χ2n) is 5.81. The Bertz CT molecular complexity index is 487. The Labute approximate surface area is 128 Å². The monoisotopic (exact) mass is 340 g/mol. The van der Waals surface area contributed by atoms with Crippen LogP contribution in [-0.2, 0) is 5.33 Å². The van der Waals surface area contributed by atoms with E-state index in [4.69, 9.17) is 0 Å². The van der Waals surface area contributed by atoms with Gasteiger partial charge in [-0.25, -0.2) is 0 Å². The first-order chi connectivity index (χ1) is 9.52. The first kappa shape index (κ1) is 15.3. The summed E-state index contributed by atoms with van der Waals surface area (Å²) in [7, 11) is 0. The van der Waals surface area contributed by atoms with Gasteiger partial charge in [0.05, 0.1) is 4.92 Å². The van der Waals surface area contributed by atoms with E-state index in [0.29, 0.717) is 17.3 Å². The average molecular weight is 341 g/mol. The molecule has 4 nitrogen and oxygen atoms in total. The van der Waals surface area contributed by atoms with E-state index >= 15 is 0 Å². The number of halogens is 1. The molecule has 1 aliphatic carbocycles. The van der Waals surface area contributed by atoms with Gasteiger partial charge < -0.3 is 4.90 Å². The fourth-order valence-corrected chi connectivity index (χ4v) is 2.79. The van der Waals surface area contributed by atoms with Crippen LogP contribution < -0.4 is 4.90 Å². The summed E-state index contributed by atoms with van der Waals surface area (Å²) >= 11 is 3.35. The van der Waals surface area contributed by atoms with Crippen molar-refractivity contribution in [3.05, 3.63) is 33.9 Å². The number of nitrogens with zero attached hydrogens (tertiary/aromatic N) is 2.